The number of nitrogens with one attached hydrogen (secondary N) is 2. The summed E-state index contributed by atoms with van der Waals surface area (Å²) in [6, 6.07) is 10.4. The van der Waals surface area contributed by atoms with Gasteiger partial charge in [-0.1, -0.05) is 43.7 Å². The van der Waals surface area contributed by atoms with E-state index in [1.807, 2.05) is 18.2 Å². The number of rotatable bonds is 5. The Morgan fingerprint density at radius 2 is 2.22 bits per heavy atom. The maximum atomic E-state index is 12.1. The molecule has 1 aliphatic rings. The van der Waals surface area contributed by atoms with Gasteiger partial charge in [-0.25, -0.2) is 0 Å². The largest absolute Gasteiger partial charge is 0.348 e. The lowest BCUT2D eigenvalue weighted by Gasteiger charge is -2.21. The Morgan fingerprint density at radius 3 is 2.83 bits per heavy atom. The monoisotopic (exact) mass is 246 g/mol. The Balaban J connectivity index is 1.99. The summed E-state index contributed by atoms with van der Waals surface area (Å²) < 4.78 is 0. The molecule has 0 aliphatic carbocycles. The van der Waals surface area contributed by atoms with Crippen LogP contribution in [0, 0.1) is 0 Å². The van der Waals surface area contributed by atoms with Crippen LogP contribution in [0.4, 0.5) is 0 Å². The third-order valence-corrected chi connectivity index (χ3v) is 3.47. The molecule has 0 radical (unpaired) electrons. The molecule has 3 nitrogen and oxygen atoms in total. The highest BCUT2D eigenvalue weighted by atomic mass is 16.2. The van der Waals surface area contributed by atoms with Crippen molar-refractivity contribution in [2.75, 3.05) is 6.54 Å². The van der Waals surface area contributed by atoms with Crippen LogP contribution in [0.1, 0.15) is 44.2 Å². The summed E-state index contributed by atoms with van der Waals surface area (Å²) in [5, 5.41) is 6.42. The average Bonchev–Trinajstić information content (AvgIpc) is 2.93. The van der Waals surface area contributed by atoms with E-state index in [0.29, 0.717) is 0 Å². The van der Waals surface area contributed by atoms with Gasteiger partial charge in [-0.3, -0.25) is 4.79 Å². The van der Waals surface area contributed by atoms with Gasteiger partial charge in [-0.2, -0.15) is 0 Å². The van der Waals surface area contributed by atoms with Gasteiger partial charge in [0, 0.05) is 0 Å². The van der Waals surface area contributed by atoms with Gasteiger partial charge in [0.05, 0.1) is 12.1 Å². The fourth-order valence-electron chi connectivity index (χ4n) is 2.48. The molecule has 0 spiro atoms. The maximum Gasteiger partial charge on any atom is 0.237 e. The van der Waals surface area contributed by atoms with Crippen LogP contribution in [0.15, 0.2) is 30.3 Å². The second-order valence-corrected chi connectivity index (χ2v) is 4.91. The van der Waals surface area contributed by atoms with Crippen LogP contribution in [0.25, 0.3) is 0 Å². The third kappa shape index (κ3) is 3.33. The Labute approximate surface area is 109 Å². The number of hydrogen-bond acceptors (Lipinski definition) is 2. The summed E-state index contributed by atoms with van der Waals surface area (Å²) in [5.74, 6) is 0.148. The van der Waals surface area contributed by atoms with Crippen molar-refractivity contribution in [1.82, 2.24) is 10.6 Å². The first-order valence-corrected chi connectivity index (χ1v) is 6.90. The van der Waals surface area contributed by atoms with Crippen LogP contribution in [0.5, 0.6) is 0 Å². The standard InChI is InChI=1S/C15H22N2O/c1-2-7-13(12-8-4-3-5-9-12)17-15(18)14-10-6-11-16-14/h3-5,8-9,13-14,16H,2,6-7,10-11H2,1H3,(H,17,18). The molecule has 1 fully saturated rings. The van der Waals surface area contributed by atoms with Crippen LogP contribution in [-0.2, 0) is 4.79 Å². The van der Waals surface area contributed by atoms with Crippen LogP contribution >= 0.6 is 0 Å². The highest BCUT2D eigenvalue weighted by Gasteiger charge is 2.24. The number of amides is 1. The van der Waals surface area contributed by atoms with Gasteiger partial charge >= 0.3 is 0 Å². The number of carbonyl (C=O) groups is 1. The third-order valence-electron chi connectivity index (χ3n) is 3.47. The first-order valence-electron chi connectivity index (χ1n) is 6.90. The Bertz CT molecular complexity index is 371. The minimum Gasteiger partial charge on any atom is -0.348 e. The van der Waals surface area contributed by atoms with E-state index in [9.17, 15) is 4.79 Å². The lowest BCUT2D eigenvalue weighted by atomic mass is 10.0. The normalized spacial score (nSPS) is 20.6. The topological polar surface area (TPSA) is 41.1 Å². The predicted molar refractivity (Wildman–Crippen MR) is 73.3 cm³/mol. The van der Waals surface area contributed by atoms with E-state index in [-0.39, 0.29) is 18.0 Å². The van der Waals surface area contributed by atoms with Crippen molar-refractivity contribution in [1.29, 1.82) is 0 Å². The van der Waals surface area contributed by atoms with E-state index in [2.05, 4.69) is 29.7 Å². The molecule has 1 aromatic rings. The zero-order valence-electron chi connectivity index (χ0n) is 11.0. The molecule has 2 unspecified atom stereocenters. The van der Waals surface area contributed by atoms with Crippen molar-refractivity contribution in [2.45, 2.75) is 44.7 Å². The smallest absolute Gasteiger partial charge is 0.237 e. The molecule has 1 heterocycles. The average molecular weight is 246 g/mol. The lowest BCUT2D eigenvalue weighted by Crippen LogP contribution is -2.42. The fourth-order valence-corrected chi connectivity index (χ4v) is 2.48. The van der Waals surface area contributed by atoms with E-state index >= 15 is 0 Å². The molecule has 1 amide bonds. The predicted octanol–water partition coefficient (Wildman–Crippen LogP) is 2.40. The number of hydrogen-bond donors (Lipinski definition) is 2. The fraction of sp³-hybridized carbons (Fsp3) is 0.533. The summed E-state index contributed by atoms with van der Waals surface area (Å²) in [4.78, 5) is 12.1. The summed E-state index contributed by atoms with van der Waals surface area (Å²) in [6.45, 7) is 3.11. The lowest BCUT2D eigenvalue weighted by molar-refractivity contribution is -0.123. The van der Waals surface area contributed by atoms with Gasteiger partial charge in [0.1, 0.15) is 0 Å². The highest BCUT2D eigenvalue weighted by Crippen LogP contribution is 2.19. The second-order valence-electron chi connectivity index (χ2n) is 4.91. The van der Waals surface area contributed by atoms with E-state index < -0.39 is 0 Å². The first kappa shape index (κ1) is 13.1. The molecule has 0 bridgehead atoms. The number of benzene rings is 1. The summed E-state index contributed by atoms with van der Waals surface area (Å²) in [6.07, 6.45) is 4.11. The van der Waals surface area contributed by atoms with Crippen LogP contribution in [-0.4, -0.2) is 18.5 Å². The van der Waals surface area contributed by atoms with E-state index in [1.165, 1.54) is 5.56 Å². The molecular formula is C15H22N2O. The zero-order chi connectivity index (χ0) is 12.8. The molecule has 2 N–H and O–H groups in total. The van der Waals surface area contributed by atoms with Crippen molar-refractivity contribution in [3.8, 4) is 0 Å². The van der Waals surface area contributed by atoms with Gasteiger partial charge in [-0.15, -0.1) is 0 Å². The molecule has 3 heteroatoms. The Morgan fingerprint density at radius 1 is 1.44 bits per heavy atom. The molecule has 2 rings (SSSR count). The number of carbonyl (C=O) groups excluding carboxylic acids is 1. The molecule has 1 aromatic carbocycles. The van der Waals surface area contributed by atoms with Crippen LogP contribution < -0.4 is 10.6 Å². The molecule has 98 valence electrons. The summed E-state index contributed by atoms with van der Waals surface area (Å²) in [7, 11) is 0. The van der Waals surface area contributed by atoms with Gasteiger partial charge in [0.25, 0.3) is 0 Å². The SMILES string of the molecule is CCCC(NC(=O)C1CCCN1)c1ccccc1. The minimum absolute atomic E-state index is 0.00747. The highest BCUT2D eigenvalue weighted by molar-refractivity contribution is 5.82. The van der Waals surface area contributed by atoms with Crippen molar-refractivity contribution in [3.05, 3.63) is 35.9 Å². The molecule has 1 saturated heterocycles. The van der Waals surface area contributed by atoms with Gasteiger partial charge < -0.3 is 10.6 Å². The van der Waals surface area contributed by atoms with Crippen LogP contribution in [0.2, 0.25) is 0 Å². The molecule has 0 aromatic heterocycles. The van der Waals surface area contributed by atoms with Crippen molar-refractivity contribution in [3.63, 3.8) is 0 Å². The Hall–Kier alpha value is -1.35. The molecule has 1 aliphatic heterocycles. The van der Waals surface area contributed by atoms with E-state index in [4.69, 9.17) is 0 Å². The quantitative estimate of drug-likeness (QED) is 0.837. The Kier molecular flexibility index (Phi) is 4.76. The zero-order valence-corrected chi connectivity index (χ0v) is 11.0. The molecule has 18 heavy (non-hydrogen) atoms. The van der Waals surface area contributed by atoms with E-state index in [1.54, 1.807) is 0 Å². The van der Waals surface area contributed by atoms with Crippen molar-refractivity contribution < 1.29 is 4.79 Å². The molecular weight excluding hydrogens is 224 g/mol. The summed E-state index contributed by atoms with van der Waals surface area (Å²) in [5.41, 5.74) is 1.20. The van der Waals surface area contributed by atoms with E-state index in [0.717, 1.165) is 32.2 Å². The maximum absolute atomic E-state index is 12.1. The first-order chi connectivity index (χ1) is 8.81. The molecule has 2 atom stereocenters. The summed E-state index contributed by atoms with van der Waals surface area (Å²) >= 11 is 0. The van der Waals surface area contributed by atoms with Crippen LogP contribution in [0.3, 0.4) is 0 Å². The van der Waals surface area contributed by atoms with Crippen molar-refractivity contribution in [2.24, 2.45) is 0 Å². The van der Waals surface area contributed by atoms with Crippen molar-refractivity contribution >= 4 is 5.91 Å². The van der Waals surface area contributed by atoms with Gasteiger partial charge in [0.15, 0.2) is 0 Å². The van der Waals surface area contributed by atoms with Gasteiger partial charge in [-0.05, 0) is 31.4 Å². The molecule has 0 saturated carbocycles. The second kappa shape index (κ2) is 6.55. The minimum atomic E-state index is 0.00747. The van der Waals surface area contributed by atoms with Gasteiger partial charge in [0.2, 0.25) is 5.91 Å².